The summed E-state index contributed by atoms with van der Waals surface area (Å²) in [6.45, 7) is 2.86. The number of carbonyl (C=O) groups is 1. The molecule has 0 saturated heterocycles. The largest absolute Gasteiger partial charge is 0.478 e. The number of aromatic carboxylic acids is 1. The minimum absolute atomic E-state index is 0.0674. The average Bonchev–Trinajstić information content (AvgIpc) is 2.37. The lowest BCUT2D eigenvalue weighted by molar-refractivity contribution is -0.137. The summed E-state index contributed by atoms with van der Waals surface area (Å²) in [5, 5.41) is 8.78. The van der Waals surface area contributed by atoms with Crippen molar-refractivity contribution in [3.05, 3.63) is 29.3 Å². The van der Waals surface area contributed by atoms with Crippen molar-refractivity contribution >= 4 is 11.7 Å². The number of alkyl halides is 3. The smallest absolute Gasteiger partial charge is 0.418 e. The van der Waals surface area contributed by atoms with Crippen molar-refractivity contribution in [1.82, 2.24) is 0 Å². The molecule has 0 aliphatic heterocycles. The lowest BCUT2D eigenvalue weighted by atomic mass is 10.1. The van der Waals surface area contributed by atoms with E-state index in [1.165, 1.54) is 11.9 Å². The first-order valence-electron chi connectivity index (χ1n) is 6.00. The molecule has 7 heteroatoms. The number of hydrogen-bond donors (Lipinski definition) is 1. The second-order valence-corrected chi connectivity index (χ2v) is 4.15. The Hall–Kier alpha value is -1.76. The first kappa shape index (κ1) is 16.3. The molecule has 0 radical (unpaired) electrons. The average molecular weight is 291 g/mol. The number of anilines is 1. The van der Waals surface area contributed by atoms with Crippen LogP contribution >= 0.6 is 0 Å². The third-order valence-electron chi connectivity index (χ3n) is 2.74. The van der Waals surface area contributed by atoms with E-state index in [0.717, 1.165) is 12.1 Å². The minimum atomic E-state index is -4.61. The van der Waals surface area contributed by atoms with E-state index in [-0.39, 0.29) is 17.8 Å². The highest BCUT2D eigenvalue weighted by atomic mass is 19.4. The van der Waals surface area contributed by atoms with Crippen LogP contribution in [0.3, 0.4) is 0 Å². The molecule has 1 N–H and O–H groups in total. The number of rotatable bonds is 6. The molecule has 1 aromatic carbocycles. The predicted molar refractivity (Wildman–Crippen MR) is 68.2 cm³/mol. The number of hydrogen-bond acceptors (Lipinski definition) is 3. The summed E-state index contributed by atoms with van der Waals surface area (Å²) in [4.78, 5) is 12.2. The highest BCUT2D eigenvalue weighted by molar-refractivity contribution is 5.88. The number of ether oxygens (including phenoxy) is 1. The van der Waals surface area contributed by atoms with Gasteiger partial charge in [0.25, 0.3) is 0 Å². The highest BCUT2D eigenvalue weighted by Gasteiger charge is 2.35. The quantitative estimate of drug-likeness (QED) is 0.819. The molecule has 0 heterocycles. The van der Waals surface area contributed by atoms with Crippen LogP contribution in [0.5, 0.6) is 0 Å². The second-order valence-electron chi connectivity index (χ2n) is 4.15. The Kier molecular flexibility index (Phi) is 5.38. The van der Waals surface area contributed by atoms with E-state index in [0.29, 0.717) is 19.3 Å². The van der Waals surface area contributed by atoms with Gasteiger partial charge in [-0.25, -0.2) is 4.79 Å². The van der Waals surface area contributed by atoms with Gasteiger partial charge in [0, 0.05) is 25.9 Å². The number of benzene rings is 1. The van der Waals surface area contributed by atoms with Crippen molar-refractivity contribution in [2.45, 2.75) is 13.1 Å². The molecule has 112 valence electrons. The van der Waals surface area contributed by atoms with Crippen molar-refractivity contribution in [1.29, 1.82) is 0 Å². The molecule has 1 aromatic rings. The molecule has 0 aliphatic rings. The number of carboxylic acids is 1. The SMILES string of the molecule is CCOCCN(C)c1ccc(C(=O)O)cc1C(F)(F)F. The maximum absolute atomic E-state index is 13.0. The highest BCUT2D eigenvalue weighted by Crippen LogP contribution is 2.36. The summed E-state index contributed by atoms with van der Waals surface area (Å²) in [6, 6.07) is 2.97. The second kappa shape index (κ2) is 6.60. The fraction of sp³-hybridized carbons (Fsp3) is 0.462. The van der Waals surface area contributed by atoms with Crippen LogP contribution in [0.1, 0.15) is 22.8 Å². The van der Waals surface area contributed by atoms with Crippen LogP contribution in [0.15, 0.2) is 18.2 Å². The van der Waals surface area contributed by atoms with Gasteiger partial charge in [-0.05, 0) is 25.1 Å². The van der Waals surface area contributed by atoms with Crippen LogP contribution in [0.2, 0.25) is 0 Å². The standard InChI is InChI=1S/C13H16F3NO3/c1-3-20-7-6-17(2)11-5-4-9(12(18)19)8-10(11)13(14,15)16/h4-5,8H,3,6-7H2,1-2H3,(H,18,19). The Morgan fingerprint density at radius 1 is 1.40 bits per heavy atom. The molecule has 4 nitrogen and oxygen atoms in total. The number of halogens is 3. The molecule has 0 aliphatic carbocycles. The lowest BCUT2D eigenvalue weighted by Crippen LogP contribution is -2.25. The number of nitrogens with zero attached hydrogens (tertiary/aromatic N) is 1. The Balaban J connectivity index is 3.08. The Morgan fingerprint density at radius 3 is 2.55 bits per heavy atom. The fourth-order valence-electron chi connectivity index (χ4n) is 1.70. The van der Waals surface area contributed by atoms with Crippen LogP contribution in [-0.2, 0) is 10.9 Å². The number of carboxylic acid groups (broad SMARTS) is 1. The third-order valence-corrected chi connectivity index (χ3v) is 2.74. The Morgan fingerprint density at radius 2 is 2.05 bits per heavy atom. The van der Waals surface area contributed by atoms with Crippen molar-refractivity contribution in [3.8, 4) is 0 Å². The fourth-order valence-corrected chi connectivity index (χ4v) is 1.70. The van der Waals surface area contributed by atoms with E-state index in [4.69, 9.17) is 9.84 Å². The van der Waals surface area contributed by atoms with Gasteiger partial charge in [-0.3, -0.25) is 0 Å². The zero-order chi connectivity index (χ0) is 15.3. The molecule has 0 fully saturated rings. The van der Waals surface area contributed by atoms with Gasteiger partial charge < -0.3 is 14.7 Å². The summed E-state index contributed by atoms with van der Waals surface area (Å²) >= 11 is 0. The van der Waals surface area contributed by atoms with E-state index < -0.39 is 17.7 Å². The minimum Gasteiger partial charge on any atom is -0.478 e. The van der Waals surface area contributed by atoms with Crippen molar-refractivity contribution in [3.63, 3.8) is 0 Å². The molecule has 20 heavy (non-hydrogen) atoms. The van der Waals surface area contributed by atoms with E-state index >= 15 is 0 Å². The normalized spacial score (nSPS) is 11.4. The van der Waals surface area contributed by atoms with Crippen molar-refractivity contribution in [2.24, 2.45) is 0 Å². The lowest BCUT2D eigenvalue weighted by Gasteiger charge is -2.23. The molecule has 0 saturated carbocycles. The molecule has 0 amide bonds. The molecule has 0 atom stereocenters. The van der Waals surface area contributed by atoms with Gasteiger partial charge >= 0.3 is 12.1 Å². The van der Waals surface area contributed by atoms with Crippen LogP contribution in [0.4, 0.5) is 18.9 Å². The summed E-state index contributed by atoms with van der Waals surface area (Å²) in [7, 11) is 1.50. The predicted octanol–water partition coefficient (Wildman–Crippen LogP) is 2.88. The maximum Gasteiger partial charge on any atom is 0.418 e. The van der Waals surface area contributed by atoms with Gasteiger partial charge in [-0.1, -0.05) is 0 Å². The third kappa shape index (κ3) is 4.12. The van der Waals surface area contributed by atoms with Gasteiger partial charge in [0.15, 0.2) is 0 Å². The summed E-state index contributed by atoms with van der Waals surface area (Å²) in [5.74, 6) is -1.39. The van der Waals surface area contributed by atoms with Crippen molar-refractivity contribution in [2.75, 3.05) is 31.7 Å². The topological polar surface area (TPSA) is 49.8 Å². The monoisotopic (exact) mass is 291 g/mol. The Labute approximate surface area is 114 Å². The van der Waals surface area contributed by atoms with Crippen LogP contribution in [0, 0.1) is 0 Å². The summed E-state index contributed by atoms with van der Waals surface area (Å²) in [5.41, 5.74) is -1.42. The molecule has 0 bridgehead atoms. The van der Waals surface area contributed by atoms with E-state index in [1.807, 2.05) is 0 Å². The van der Waals surface area contributed by atoms with Gasteiger partial charge in [0.05, 0.1) is 17.7 Å². The maximum atomic E-state index is 13.0. The summed E-state index contributed by atoms with van der Waals surface area (Å²) in [6.07, 6.45) is -4.61. The molecular weight excluding hydrogens is 275 g/mol. The van der Waals surface area contributed by atoms with Gasteiger partial charge in [0.2, 0.25) is 0 Å². The van der Waals surface area contributed by atoms with Crippen LogP contribution < -0.4 is 4.90 Å². The zero-order valence-electron chi connectivity index (χ0n) is 11.2. The number of likely N-dealkylation sites (N-methyl/N-ethyl adjacent to an activating group) is 1. The first-order chi connectivity index (χ1) is 9.27. The Bertz CT molecular complexity index is 474. The van der Waals surface area contributed by atoms with Crippen LogP contribution in [0.25, 0.3) is 0 Å². The van der Waals surface area contributed by atoms with E-state index in [1.54, 1.807) is 6.92 Å². The first-order valence-corrected chi connectivity index (χ1v) is 6.00. The molecule has 0 unspecified atom stereocenters. The molecule has 1 rings (SSSR count). The molecule has 0 spiro atoms. The van der Waals surface area contributed by atoms with Gasteiger partial charge in [-0.2, -0.15) is 13.2 Å². The molecular formula is C13H16F3NO3. The van der Waals surface area contributed by atoms with Gasteiger partial charge in [-0.15, -0.1) is 0 Å². The zero-order valence-corrected chi connectivity index (χ0v) is 11.2. The van der Waals surface area contributed by atoms with Crippen molar-refractivity contribution < 1.29 is 27.8 Å². The molecule has 0 aromatic heterocycles. The van der Waals surface area contributed by atoms with Crippen LogP contribution in [-0.4, -0.2) is 37.9 Å². The van der Waals surface area contributed by atoms with E-state index in [9.17, 15) is 18.0 Å². The van der Waals surface area contributed by atoms with Gasteiger partial charge in [0.1, 0.15) is 0 Å². The summed E-state index contributed by atoms with van der Waals surface area (Å²) < 4.78 is 44.1. The van der Waals surface area contributed by atoms with E-state index in [2.05, 4.69) is 0 Å².